The molecule has 77 heavy (non-hydrogen) atoms. The first-order valence-electron chi connectivity index (χ1n) is 24.9. The number of aliphatic hydroxyl groups is 1. The minimum atomic E-state index is -0.125. The Morgan fingerprint density at radius 3 is 1.13 bits per heavy atom. The van der Waals surface area contributed by atoms with Crippen molar-refractivity contribution in [1.29, 1.82) is 0 Å². The van der Waals surface area contributed by atoms with Crippen LogP contribution >= 0.6 is 0 Å². The third-order valence-corrected chi connectivity index (χ3v) is 11.4. The molecule has 0 atom stereocenters. The van der Waals surface area contributed by atoms with Gasteiger partial charge in [-0.2, -0.15) is 0 Å². The Kier molecular flexibility index (Phi) is 25.3. The molecule has 10 aromatic rings. The molecule has 6 aromatic carbocycles. The number of carbonyl (C=O) groups excluding carboxylic acids is 1. The molecular formula is C69H65Ir2N4O2-3. The van der Waals surface area contributed by atoms with Crippen molar-refractivity contribution in [2.24, 2.45) is 0 Å². The van der Waals surface area contributed by atoms with Crippen LogP contribution in [0.4, 0.5) is 0 Å². The van der Waals surface area contributed by atoms with Gasteiger partial charge in [-0.05, 0) is 82.2 Å². The number of rotatable bonds is 7. The SMILES string of the molecule is CC(=O)C=C(C)O.CC(C)(C)c1ccc(-c2[c-]ccc(-c3ccccc3)c2)nc1.CC(C)(C)c1ccc(-c2[c-]ccc(-c3ccccc3)c2)nc1.[Ir].[Ir].[c-]1ccccc1-c1ccccn1.c1ccc(-c2ccccn2)cc1. The second-order valence-electron chi connectivity index (χ2n) is 19.5. The third kappa shape index (κ3) is 20.8. The van der Waals surface area contributed by atoms with Crippen LogP contribution in [-0.4, -0.2) is 30.8 Å². The van der Waals surface area contributed by atoms with Crippen molar-refractivity contribution in [3.63, 3.8) is 0 Å². The molecule has 10 rings (SSSR count). The van der Waals surface area contributed by atoms with E-state index >= 15 is 0 Å². The summed E-state index contributed by atoms with van der Waals surface area (Å²) in [6.45, 7) is 16.0. The second kappa shape index (κ2) is 31.5. The van der Waals surface area contributed by atoms with Crippen LogP contribution in [0.5, 0.6) is 0 Å². The van der Waals surface area contributed by atoms with E-state index in [4.69, 9.17) is 5.11 Å². The summed E-state index contributed by atoms with van der Waals surface area (Å²) in [6.07, 6.45) is 8.70. The van der Waals surface area contributed by atoms with Crippen LogP contribution in [0.2, 0.25) is 0 Å². The Bertz CT molecular complexity index is 2980. The van der Waals surface area contributed by atoms with E-state index in [2.05, 4.69) is 189 Å². The van der Waals surface area contributed by atoms with Gasteiger partial charge in [0, 0.05) is 76.6 Å². The van der Waals surface area contributed by atoms with E-state index < -0.39 is 0 Å². The first-order chi connectivity index (χ1) is 36.1. The fourth-order valence-corrected chi connectivity index (χ4v) is 7.35. The monoisotopic (exact) mass is 1370 g/mol. The minimum absolute atomic E-state index is 0. The van der Waals surface area contributed by atoms with Crippen LogP contribution in [0.15, 0.2) is 249 Å². The normalized spacial score (nSPS) is 10.6. The van der Waals surface area contributed by atoms with Gasteiger partial charge < -0.3 is 20.1 Å². The standard InChI is InChI=1S/2C21H20N.C11H9N.C11H8N.C5H8O2.2Ir/c2*1-21(2,3)19-12-13-20(22-15-19)18-11-7-10-17(14-18)16-8-5-4-6-9-16;2*1-2-6-10(7-3-1)11-8-4-5-9-12-11;1-4(6)3-5(2)7;;/h2*4-10,12-15H,1-3H3;1-9H;1-6,8-9H;3,6H,1-2H3;;/q2*-1;;-1;;;. The van der Waals surface area contributed by atoms with Crippen molar-refractivity contribution < 1.29 is 50.1 Å². The van der Waals surface area contributed by atoms with E-state index in [1.54, 1.807) is 6.20 Å². The maximum Gasteiger partial charge on any atom is 0.155 e. The quantitative estimate of drug-likeness (QED) is 0.0972. The molecule has 0 unspecified atom stereocenters. The van der Waals surface area contributed by atoms with Gasteiger partial charge in [-0.3, -0.25) is 9.78 Å². The van der Waals surface area contributed by atoms with Crippen LogP contribution in [-0.2, 0) is 55.8 Å². The summed E-state index contributed by atoms with van der Waals surface area (Å²) >= 11 is 0. The molecule has 2 radical (unpaired) electrons. The summed E-state index contributed by atoms with van der Waals surface area (Å²) in [4.78, 5) is 27.7. The van der Waals surface area contributed by atoms with Crippen LogP contribution in [0, 0.1) is 18.2 Å². The summed E-state index contributed by atoms with van der Waals surface area (Å²) in [5.41, 5.74) is 15.7. The molecule has 0 bridgehead atoms. The molecule has 394 valence electrons. The molecule has 0 fully saturated rings. The average molecular weight is 1370 g/mol. The molecule has 0 aliphatic rings. The van der Waals surface area contributed by atoms with Gasteiger partial charge in [0.05, 0.1) is 11.5 Å². The molecule has 0 spiro atoms. The molecule has 8 heteroatoms. The third-order valence-electron chi connectivity index (χ3n) is 11.4. The summed E-state index contributed by atoms with van der Waals surface area (Å²) in [6, 6.07) is 81.2. The van der Waals surface area contributed by atoms with Crippen molar-refractivity contribution in [2.45, 2.75) is 66.2 Å². The number of carbonyl (C=O) groups is 1. The number of hydrogen-bond acceptors (Lipinski definition) is 6. The molecule has 0 aliphatic carbocycles. The van der Waals surface area contributed by atoms with Gasteiger partial charge in [0.1, 0.15) is 0 Å². The second-order valence-corrected chi connectivity index (χ2v) is 19.5. The Labute approximate surface area is 484 Å². The van der Waals surface area contributed by atoms with E-state index in [1.165, 1.54) is 53.3 Å². The molecule has 4 aromatic heterocycles. The average Bonchev–Trinajstić information content (AvgIpc) is 3.44. The van der Waals surface area contributed by atoms with Crippen molar-refractivity contribution in [3.05, 3.63) is 278 Å². The first-order valence-corrected chi connectivity index (χ1v) is 24.9. The van der Waals surface area contributed by atoms with Crippen LogP contribution < -0.4 is 0 Å². The number of pyridine rings is 4. The summed E-state index contributed by atoms with van der Waals surface area (Å²) in [5.74, 6) is -0.0625. The number of benzene rings is 6. The fraction of sp³-hybridized carbons (Fsp3) is 0.145. The van der Waals surface area contributed by atoms with Crippen molar-refractivity contribution in [3.8, 4) is 67.3 Å². The van der Waals surface area contributed by atoms with E-state index in [1.807, 2.05) is 122 Å². The van der Waals surface area contributed by atoms with Gasteiger partial charge in [0.15, 0.2) is 5.78 Å². The maximum absolute atomic E-state index is 10.0. The predicted octanol–water partition coefficient (Wildman–Crippen LogP) is 17.4. The zero-order valence-electron chi connectivity index (χ0n) is 44.9. The van der Waals surface area contributed by atoms with Crippen LogP contribution in [0.3, 0.4) is 0 Å². The molecule has 6 nitrogen and oxygen atoms in total. The van der Waals surface area contributed by atoms with Gasteiger partial charge in [0.25, 0.3) is 0 Å². The number of aliphatic hydroxyl groups excluding tert-OH is 1. The molecule has 0 saturated heterocycles. The van der Waals surface area contributed by atoms with Crippen molar-refractivity contribution in [1.82, 2.24) is 19.9 Å². The number of hydrogen-bond donors (Lipinski definition) is 1. The van der Waals surface area contributed by atoms with Crippen LogP contribution in [0.25, 0.3) is 67.3 Å². The Hall–Kier alpha value is -7.57. The Morgan fingerprint density at radius 2 is 0.792 bits per heavy atom. The van der Waals surface area contributed by atoms with Gasteiger partial charge >= 0.3 is 0 Å². The number of nitrogens with zero attached hydrogens (tertiary/aromatic N) is 4. The number of allylic oxidation sites excluding steroid dienone is 2. The van der Waals surface area contributed by atoms with E-state index in [0.29, 0.717) is 0 Å². The van der Waals surface area contributed by atoms with E-state index in [9.17, 15) is 4.79 Å². The summed E-state index contributed by atoms with van der Waals surface area (Å²) in [7, 11) is 0. The van der Waals surface area contributed by atoms with Gasteiger partial charge in [-0.1, -0.05) is 175 Å². The summed E-state index contributed by atoms with van der Waals surface area (Å²) < 4.78 is 0. The Balaban J connectivity index is 0.000000217. The molecule has 0 saturated carbocycles. The van der Waals surface area contributed by atoms with E-state index in [0.717, 1.165) is 45.0 Å². The van der Waals surface area contributed by atoms with Crippen molar-refractivity contribution >= 4 is 5.78 Å². The van der Waals surface area contributed by atoms with Gasteiger partial charge in [-0.15, -0.1) is 107 Å². The number of aromatic nitrogens is 4. The fourth-order valence-electron chi connectivity index (χ4n) is 7.35. The zero-order valence-corrected chi connectivity index (χ0v) is 49.7. The molecular weight excluding hydrogens is 1300 g/mol. The predicted molar refractivity (Wildman–Crippen MR) is 311 cm³/mol. The summed E-state index contributed by atoms with van der Waals surface area (Å²) in [5, 5.41) is 8.36. The maximum atomic E-state index is 10.0. The smallest absolute Gasteiger partial charge is 0.155 e. The van der Waals surface area contributed by atoms with E-state index in [-0.39, 0.29) is 62.6 Å². The zero-order chi connectivity index (χ0) is 53.5. The van der Waals surface area contributed by atoms with Crippen LogP contribution in [0.1, 0.15) is 66.5 Å². The number of ketones is 1. The molecule has 4 heterocycles. The minimum Gasteiger partial charge on any atom is -0.512 e. The largest absolute Gasteiger partial charge is 0.512 e. The molecule has 0 amide bonds. The molecule has 1 N–H and O–H groups in total. The first kappa shape index (κ1) is 62.0. The molecule has 0 aliphatic heterocycles. The topological polar surface area (TPSA) is 88.9 Å². The van der Waals surface area contributed by atoms with Crippen molar-refractivity contribution in [2.75, 3.05) is 0 Å². The van der Waals surface area contributed by atoms with Gasteiger partial charge in [-0.25, -0.2) is 0 Å². The van der Waals surface area contributed by atoms with Gasteiger partial charge in [0.2, 0.25) is 0 Å². The Morgan fingerprint density at radius 1 is 0.403 bits per heavy atom.